The predicted octanol–water partition coefficient (Wildman–Crippen LogP) is 1.89. The highest BCUT2D eigenvalue weighted by Gasteiger charge is 1.90. The maximum atomic E-state index is 9.55. The third-order valence-electron chi connectivity index (χ3n) is 1.42. The van der Waals surface area contributed by atoms with Gasteiger partial charge in [0.25, 0.3) is 7.59 Å². The molecule has 0 unspecified atom stereocenters. The summed E-state index contributed by atoms with van der Waals surface area (Å²) in [4.78, 5) is 0. The SMILES string of the molecule is CNC.NP(N)(N)=O.Oc1ccccc1.c1ccccc1. The fourth-order valence-corrected chi connectivity index (χ4v) is 0.813. The van der Waals surface area contributed by atoms with Crippen molar-refractivity contribution >= 4 is 7.59 Å². The van der Waals surface area contributed by atoms with E-state index in [1.165, 1.54) is 0 Å². The number of hydrogen-bond donors (Lipinski definition) is 5. The minimum absolute atomic E-state index is 0.322. The van der Waals surface area contributed by atoms with Crippen molar-refractivity contribution < 1.29 is 9.67 Å². The van der Waals surface area contributed by atoms with Gasteiger partial charge in [0.05, 0.1) is 0 Å². The zero-order valence-corrected chi connectivity index (χ0v) is 13.3. The Kier molecular flexibility index (Phi) is 15.1. The minimum Gasteiger partial charge on any atom is -0.508 e. The molecule has 0 atom stereocenters. The van der Waals surface area contributed by atoms with E-state index in [0.717, 1.165) is 0 Å². The Morgan fingerprint density at radius 1 is 0.810 bits per heavy atom. The van der Waals surface area contributed by atoms with Crippen LogP contribution in [0.2, 0.25) is 0 Å². The van der Waals surface area contributed by atoms with Crippen molar-refractivity contribution in [3.05, 3.63) is 66.7 Å². The van der Waals surface area contributed by atoms with Crippen LogP contribution in [-0.2, 0) is 4.57 Å². The number of para-hydroxylation sites is 1. The number of phenols is 1. The Bertz CT molecular complexity index is 428. The van der Waals surface area contributed by atoms with Crippen LogP contribution in [0.25, 0.3) is 0 Å². The number of nitrogens with one attached hydrogen (secondary N) is 1. The van der Waals surface area contributed by atoms with Gasteiger partial charge in [-0.1, -0.05) is 54.6 Å². The van der Waals surface area contributed by atoms with Gasteiger partial charge in [0.1, 0.15) is 5.75 Å². The highest BCUT2D eigenvalue weighted by Crippen LogP contribution is 2.07. The summed E-state index contributed by atoms with van der Waals surface area (Å²) < 4.78 is 9.55. The average molecular weight is 312 g/mol. The first-order chi connectivity index (χ1) is 9.81. The van der Waals surface area contributed by atoms with Gasteiger partial charge in [-0.15, -0.1) is 0 Å². The molecule has 0 amide bonds. The van der Waals surface area contributed by atoms with E-state index in [9.17, 15) is 4.57 Å². The Morgan fingerprint density at radius 3 is 1.14 bits per heavy atom. The van der Waals surface area contributed by atoms with Gasteiger partial charge in [-0.3, -0.25) is 21.1 Å². The van der Waals surface area contributed by atoms with E-state index >= 15 is 0 Å². The molecule has 0 saturated heterocycles. The first-order valence-electron chi connectivity index (χ1n) is 6.09. The monoisotopic (exact) mass is 312 g/mol. The van der Waals surface area contributed by atoms with Gasteiger partial charge < -0.3 is 10.4 Å². The van der Waals surface area contributed by atoms with Gasteiger partial charge >= 0.3 is 0 Å². The summed E-state index contributed by atoms with van der Waals surface area (Å²) >= 11 is 0. The number of aromatic hydroxyl groups is 1. The van der Waals surface area contributed by atoms with Gasteiger partial charge in [-0.05, 0) is 26.2 Å². The molecule has 8 N–H and O–H groups in total. The van der Waals surface area contributed by atoms with Gasteiger partial charge in [0, 0.05) is 0 Å². The lowest BCUT2D eigenvalue weighted by Gasteiger charge is -1.88. The lowest BCUT2D eigenvalue weighted by Crippen LogP contribution is -2.12. The van der Waals surface area contributed by atoms with Crippen molar-refractivity contribution in [3.8, 4) is 5.75 Å². The standard InChI is InChI=1S/C6H6O.C6H6.C2H7N.H6N3OP/c7-6-4-2-1-3-5-6;1-2-4-6-5-3-1;1-3-2;1-5(2,3)4/h1-5,7H;1-6H;3H,1-2H3;(H6,1,2,3,4). The largest absolute Gasteiger partial charge is 0.508 e. The van der Waals surface area contributed by atoms with Crippen molar-refractivity contribution in [2.45, 2.75) is 0 Å². The predicted molar refractivity (Wildman–Crippen MR) is 89.7 cm³/mol. The fourth-order valence-electron chi connectivity index (χ4n) is 0.813. The van der Waals surface area contributed by atoms with Crippen LogP contribution in [0.3, 0.4) is 0 Å². The lowest BCUT2D eigenvalue weighted by molar-refractivity contribution is 0.475. The maximum Gasteiger partial charge on any atom is 0.271 e. The Labute approximate surface area is 126 Å². The number of hydrogen-bond acceptors (Lipinski definition) is 3. The van der Waals surface area contributed by atoms with Gasteiger partial charge in [0.15, 0.2) is 0 Å². The van der Waals surface area contributed by atoms with Crippen molar-refractivity contribution in [3.63, 3.8) is 0 Å². The second kappa shape index (κ2) is 14.7. The summed E-state index contributed by atoms with van der Waals surface area (Å²) in [6, 6.07) is 20.7. The number of rotatable bonds is 0. The van der Waals surface area contributed by atoms with Gasteiger partial charge in [-0.2, -0.15) is 0 Å². The van der Waals surface area contributed by atoms with Crippen LogP contribution in [0.1, 0.15) is 0 Å². The Hall–Kier alpha value is -1.69. The molecule has 0 aliphatic rings. The van der Waals surface area contributed by atoms with E-state index in [2.05, 4.69) is 21.8 Å². The third kappa shape index (κ3) is 32.1. The summed E-state index contributed by atoms with van der Waals surface area (Å²) in [6.07, 6.45) is 0. The number of nitrogens with two attached hydrogens (primary N) is 3. The topological polar surface area (TPSA) is 127 Å². The average Bonchev–Trinajstić information content (AvgIpc) is 2.41. The molecule has 21 heavy (non-hydrogen) atoms. The maximum absolute atomic E-state index is 9.55. The van der Waals surface area contributed by atoms with E-state index in [4.69, 9.17) is 5.11 Å². The normalized spacial score (nSPS) is 8.81. The zero-order chi connectivity index (χ0) is 16.6. The lowest BCUT2D eigenvalue weighted by atomic mass is 10.3. The molecule has 0 bridgehead atoms. The first-order valence-corrected chi connectivity index (χ1v) is 8.01. The molecule has 0 heterocycles. The molecule has 2 aromatic rings. The highest BCUT2D eigenvalue weighted by molar-refractivity contribution is 7.56. The molecule has 0 aliphatic carbocycles. The molecule has 6 nitrogen and oxygen atoms in total. The summed E-state index contributed by atoms with van der Waals surface area (Å²) in [7, 11) is 0.611. The molecule has 2 aromatic carbocycles. The molecule has 0 aromatic heterocycles. The smallest absolute Gasteiger partial charge is 0.271 e. The Balaban J connectivity index is 0. The summed E-state index contributed by atoms with van der Waals surface area (Å²) in [6.45, 7) is 0. The molecular formula is C14H25N4O2P. The second-order valence-electron chi connectivity index (χ2n) is 3.75. The third-order valence-corrected chi connectivity index (χ3v) is 1.42. The van der Waals surface area contributed by atoms with Crippen molar-refractivity contribution in [2.75, 3.05) is 14.1 Å². The molecular weight excluding hydrogens is 287 g/mol. The number of phenolic OH excluding ortho intramolecular Hbond substituents is 1. The quantitative estimate of drug-likeness (QED) is 0.473. The van der Waals surface area contributed by atoms with Crippen LogP contribution in [0.15, 0.2) is 66.7 Å². The first kappa shape index (κ1) is 21.6. The van der Waals surface area contributed by atoms with Gasteiger partial charge in [-0.25, -0.2) is 0 Å². The molecule has 0 aliphatic heterocycles. The zero-order valence-electron chi connectivity index (χ0n) is 12.4. The second-order valence-corrected chi connectivity index (χ2v) is 5.28. The fraction of sp³-hybridized carbons (Fsp3) is 0.143. The molecule has 0 saturated carbocycles. The summed E-state index contributed by atoms with van der Waals surface area (Å²) in [5.74, 6) is 0.322. The van der Waals surface area contributed by atoms with Crippen molar-refractivity contribution in [1.82, 2.24) is 5.32 Å². The van der Waals surface area contributed by atoms with Crippen LogP contribution in [-0.4, -0.2) is 19.2 Å². The van der Waals surface area contributed by atoms with E-state index in [1.807, 2.05) is 56.6 Å². The van der Waals surface area contributed by atoms with Crippen LogP contribution in [0.5, 0.6) is 5.75 Å². The van der Waals surface area contributed by atoms with Crippen LogP contribution < -0.4 is 21.8 Å². The van der Waals surface area contributed by atoms with Crippen molar-refractivity contribution in [1.29, 1.82) is 0 Å². The summed E-state index contributed by atoms with van der Waals surface area (Å²) in [5, 5.41) is 11.4. The number of benzene rings is 2. The molecule has 7 heteroatoms. The molecule has 118 valence electrons. The van der Waals surface area contributed by atoms with Gasteiger partial charge in [0.2, 0.25) is 0 Å². The van der Waals surface area contributed by atoms with Crippen LogP contribution in [0.4, 0.5) is 0 Å². The summed E-state index contributed by atoms with van der Waals surface area (Å²) in [5.41, 5.74) is 13.4. The van der Waals surface area contributed by atoms with E-state index in [-0.39, 0.29) is 0 Å². The molecule has 0 fully saturated rings. The Morgan fingerprint density at radius 2 is 1.00 bits per heavy atom. The molecule has 0 spiro atoms. The van der Waals surface area contributed by atoms with E-state index in [1.54, 1.807) is 24.3 Å². The molecule has 2 rings (SSSR count). The minimum atomic E-state index is -3.14. The van der Waals surface area contributed by atoms with Crippen LogP contribution in [0, 0.1) is 0 Å². The van der Waals surface area contributed by atoms with E-state index < -0.39 is 7.59 Å². The highest BCUT2D eigenvalue weighted by atomic mass is 31.2. The van der Waals surface area contributed by atoms with Crippen LogP contribution >= 0.6 is 7.59 Å². The van der Waals surface area contributed by atoms with Crippen molar-refractivity contribution in [2.24, 2.45) is 16.5 Å². The van der Waals surface area contributed by atoms with E-state index in [0.29, 0.717) is 5.75 Å². The molecule has 0 radical (unpaired) electrons.